The number of hydrogen-bond donors (Lipinski definition) is 2. The zero-order valence-corrected chi connectivity index (χ0v) is 12.1. The van der Waals surface area contributed by atoms with Gasteiger partial charge in [0.05, 0.1) is 18.6 Å². The van der Waals surface area contributed by atoms with Crippen LogP contribution < -0.4 is 10.6 Å². The average Bonchev–Trinajstić information content (AvgIpc) is 3.14. The second kappa shape index (κ2) is 6.54. The molecule has 0 bridgehead atoms. The monoisotopic (exact) mass is 278 g/mol. The van der Waals surface area contributed by atoms with E-state index in [0.29, 0.717) is 19.0 Å². The van der Waals surface area contributed by atoms with Gasteiger partial charge in [-0.2, -0.15) is 0 Å². The minimum Gasteiger partial charge on any atom is -0.349 e. The summed E-state index contributed by atoms with van der Waals surface area (Å²) in [4.78, 5) is 27.4. The molecule has 0 radical (unpaired) electrons. The van der Waals surface area contributed by atoms with Crippen molar-refractivity contribution in [1.29, 1.82) is 0 Å². The molecule has 1 fully saturated rings. The fraction of sp³-hybridized carbons (Fsp3) is 0.643. The van der Waals surface area contributed by atoms with E-state index in [9.17, 15) is 9.59 Å². The number of rotatable bonds is 7. The van der Waals surface area contributed by atoms with Crippen LogP contribution in [0.1, 0.15) is 51.3 Å². The Morgan fingerprint density at radius 2 is 2.25 bits per heavy atom. The summed E-state index contributed by atoms with van der Waals surface area (Å²) in [6.45, 7) is 3.87. The SMILES string of the molecule is CCC[C@H](NC(C)=O)C(=O)NCc1cncn1C1CC1. The van der Waals surface area contributed by atoms with Crippen LogP contribution in [-0.2, 0) is 16.1 Å². The number of nitrogens with zero attached hydrogens (tertiary/aromatic N) is 2. The summed E-state index contributed by atoms with van der Waals surface area (Å²) in [6.07, 6.45) is 7.46. The predicted molar refractivity (Wildman–Crippen MR) is 74.9 cm³/mol. The molecule has 0 aliphatic heterocycles. The molecule has 0 saturated heterocycles. The van der Waals surface area contributed by atoms with Crippen molar-refractivity contribution in [2.75, 3.05) is 0 Å². The summed E-state index contributed by atoms with van der Waals surface area (Å²) in [7, 11) is 0. The van der Waals surface area contributed by atoms with Crippen LogP contribution in [0.2, 0.25) is 0 Å². The summed E-state index contributed by atoms with van der Waals surface area (Å²) < 4.78 is 2.12. The second-order valence-electron chi connectivity index (χ2n) is 5.28. The smallest absolute Gasteiger partial charge is 0.242 e. The zero-order valence-electron chi connectivity index (χ0n) is 12.1. The fourth-order valence-electron chi connectivity index (χ4n) is 2.25. The van der Waals surface area contributed by atoms with Crippen LogP contribution in [0.15, 0.2) is 12.5 Å². The lowest BCUT2D eigenvalue weighted by molar-refractivity contribution is -0.128. The Labute approximate surface area is 119 Å². The Bertz CT molecular complexity index is 479. The van der Waals surface area contributed by atoms with Crippen LogP contribution in [-0.4, -0.2) is 27.4 Å². The summed E-state index contributed by atoms with van der Waals surface area (Å²) in [6, 6.07) is 0.0981. The topological polar surface area (TPSA) is 76.0 Å². The molecule has 1 aromatic heterocycles. The number of amides is 2. The van der Waals surface area contributed by atoms with Crippen molar-refractivity contribution in [2.45, 2.75) is 58.2 Å². The summed E-state index contributed by atoms with van der Waals surface area (Å²) in [5, 5.41) is 5.57. The molecule has 1 aliphatic carbocycles. The van der Waals surface area contributed by atoms with E-state index >= 15 is 0 Å². The maximum Gasteiger partial charge on any atom is 0.242 e. The van der Waals surface area contributed by atoms with Gasteiger partial charge in [-0.15, -0.1) is 0 Å². The van der Waals surface area contributed by atoms with Crippen molar-refractivity contribution in [3.8, 4) is 0 Å². The van der Waals surface area contributed by atoms with Crippen LogP contribution >= 0.6 is 0 Å². The molecule has 2 rings (SSSR count). The Morgan fingerprint density at radius 1 is 1.50 bits per heavy atom. The molecule has 6 heteroatoms. The maximum atomic E-state index is 12.1. The molecular formula is C14H22N4O2. The lowest BCUT2D eigenvalue weighted by Crippen LogP contribution is -2.45. The zero-order chi connectivity index (χ0) is 14.5. The van der Waals surface area contributed by atoms with Gasteiger partial charge < -0.3 is 15.2 Å². The Hall–Kier alpha value is -1.85. The van der Waals surface area contributed by atoms with Crippen molar-refractivity contribution in [3.05, 3.63) is 18.2 Å². The minimum atomic E-state index is -0.449. The van der Waals surface area contributed by atoms with E-state index < -0.39 is 6.04 Å². The lowest BCUT2D eigenvalue weighted by Gasteiger charge is -2.17. The van der Waals surface area contributed by atoms with Gasteiger partial charge in [-0.25, -0.2) is 4.98 Å². The molecule has 1 saturated carbocycles. The van der Waals surface area contributed by atoms with Crippen LogP contribution in [0.25, 0.3) is 0 Å². The molecule has 1 aliphatic rings. The van der Waals surface area contributed by atoms with E-state index in [0.717, 1.165) is 12.1 Å². The molecule has 1 heterocycles. The average molecular weight is 278 g/mol. The third kappa shape index (κ3) is 3.82. The van der Waals surface area contributed by atoms with Gasteiger partial charge in [-0.1, -0.05) is 13.3 Å². The van der Waals surface area contributed by atoms with E-state index in [4.69, 9.17) is 0 Å². The molecule has 0 aromatic carbocycles. The number of hydrogen-bond acceptors (Lipinski definition) is 3. The van der Waals surface area contributed by atoms with Crippen molar-refractivity contribution in [1.82, 2.24) is 20.2 Å². The largest absolute Gasteiger partial charge is 0.349 e. The quantitative estimate of drug-likeness (QED) is 0.785. The summed E-state index contributed by atoms with van der Waals surface area (Å²) in [5.41, 5.74) is 1.01. The van der Waals surface area contributed by atoms with E-state index in [1.807, 2.05) is 13.3 Å². The van der Waals surface area contributed by atoms with E-state index in [1.54, 1.807) is 6.20 Å². The van der Waals surface area contributed by atoms with Crippen molar-refractivity contribution >= 4 is 11.8 Å². The molecular weight excluding hydrogens is 256 g/mol. The molecule has 110 valence electrons. The molecule has 6 nitrogen and oxygen atoms in total. The van der Waals surface area contributed by atoms with E-state index in [-0.39, 0.29) is 11.8 Å². The normalized spacial score (nSPS) is 15.7. The molecule has 1 atom stereocenters. The van der Waals surface area contributed by atoms with Crippen LogP contribution in [0.4, 0.5) is 0 Å². The fourth-order valence-corrected chi connectivity index (χ4v) is 2.25. The highest BCUT2D eigenvalue weighted by Crippen LogP contribution is 2.35. The Balaban J connectivity index is 1.89. The summed E-state index contributed by atoms with van der Waals surface area (Å²) >= 11 is 0. The van der Waals surface area contributed by atoms with Gasteiger partial charge >= 0.3 is 0 Å². The van der Waals surface area contributed by atoms with Crippen LogP contribution in [0, 0.1) is 0 Å². The molecule has 2 amide bonds. The number of carbonyl (C=O) groups is 2. The van der Waals surface area contributed by atoms with Crippen LogP contribution in [0.5, 0.6) is 0 Å². The highest BCUT2D eigenvalue weighted by Gasteiger charge is 2.25. The van der Waals surface area contributed by atoms with Gasteiger partial charge in [-0.05, 0) is 19.3 Å². The molecule has 0 spiro atoms. The van der Waals surface area contributed by atoms with Gasteiger partial charge in [0.15, 0.2) is 0 Å². The van der Waals surface area contributed by atoms with Crippen molar-refractivity contribution in [3.63, 3.8) is 0 Å². The number of aromatic nitrogens is 2. The Morgan fingerprint density at radius 3 is 2.85 bits per heavy atom. The predicted octanol–water partition coefficient (Wildman–Crippen LogP) is 1.14. The summed E-state index contributed by atoms with van der Waals surface area (Å²) in [5.74, 6) is -0.313. The van der Waals surface area contributed by atoms with E-state index in [1.165, 1.54) is 19.8 Å². The minimum absolute atomic E-state index is 0.134. The molecule has 2 N–H and O–H groups in total. The molecule has 20 heavy (non-hydrogen) atoms. The first-order valence-corrected chi connectivity index (χ1v) is 7.17. The molecule has 0 unspecified atom stereocenters. The first-order chi connectivity index (χ1) is 9.61. The maximum absolute atomic E-state index is 12.1. The number of carbonyl (C=O) groups excluding carboxylic acids is 2. The standard InChI is InChI=1S/C14H22N4O2/c1-3-4-13(17-10(2)19)14(20)16-8-12-7-15-9-18(12)11-5-6-11/h7,9,11,13H,3-6,8H2,1-2H3,(H,16,20)(H,17,19)/t13-/m0/s1. The second-order valence-corrected chi connectivity index (χ2v) is 5.28. The van der Waals surface area contributed by atoms with E-state index in [2.05, 4.69) is 20.2 Å². The highest BCUT2D eigenvalue weighted by atomic mass is 16.2. The lowest BCUT2D eigenvalue weighted by atomic mass is 10.1. The van der Waals surface area contributed by atoms with Gasteiger partial charge in [0.1, 0.15) is 6.04 Å². The van der Waals surface area contributed by atoms with Gasteiger partial charge in [-0.3, -0.25) is 9.59 Å². The van der Waals surface area contributed by atoms with Gasteiger partial charge in [0, 0.05) is 19.2 Å². The third-order valence-electron chi connectivity index (χ3n) is 3.40. The van der Waals surface area contributed by atoms with Crippen molar-refractivity contribution in [2.24, 2.45) is 0 Å². The third-order valence-corrected chi connectivity index (χ3v) is 3.40. The Kier molecular flexibility index (Phi) is 4.76. The number of imidazole rings is 1. The van der Waals surface area contributed by atoms with Crippen molar-refractivity contribution < 1.29 is 9.59 Å². The highest BCUT2D eigenvalue weighted by molar-refractivity contribution is 5.86. The van der Waals surface area contributed by atoms with Crippen LogP contribution in [0.3, 0.4) is 0 Å². The van der Waals surface area contributed by atoms with Gasteiger partial charge in [0.25, 0.3) is 0 Å². The molecule has 1 aromatic rings. The first-order valence-electron chi connectivity index (χ1n) is 7.17. The van der Waals surface area contributed by atoms with Gasteiger partial charge in [0.2, 0.25) is 11.8 Å². The first kappa shape index (κ1) is 14.6. The number of nitrogens with one attached hydrogen (secondary N) is 2.